The molecule has 0 aromatic heterocycles. The van der Waals surface area contributed by atoms with Crippen LogP contribution in [0.5, 0.6) is 0 Å². The summed E-state index contributed by atoms with van der Waals surface area (Å²) in [5.74, 6) is 0. The summed E-state index contributed by atoms with van der Waals surface area (Å²) in [6, 6.07) is 97.0. The number of fused-ring (bicyclic) bond motifs is 11. The van der Waals surface area contributed by atoms with Gasteiger partial charge >= 0.3 is 0 Å². The lowest BCUT2D eigenvalue weighted by atomic mass is 9.51. The van der Waals surface area contributed by atoms with E-state index in [1.165, 1.54) is 88.3 Å². The van der Waals surface area contributed by atoms with Crippen molar-refractivity contribution in [1.82, 2.24) is 0 Å². The highest BCUT2D eigenvalue weighted by molar-refractivity contribution is 6.05. The van der Waals surface area contributed by atoms with Gasteiger partial charge in [0.2, 0.25) is 0 Å². The molecule has 0 radical (unpaired) electrons. The highest BCUT2D eigenvalue weighted by atomic mass is 15.1. The second-order valence-corrected chi connectivity index (χ2v) is 17.5. The summed E-state index contributed by atoms with van der Waals surface area (Å²) in [5, 5.41) is 4.87. The maximum atomic E-state index is 2.45. The highest BCUT2D eigenvalue weighted by Crippen LogP contribution is 2.64. The van der Waals surface area contributed by atoms with Crippen LogP contribution < -0.4 is 4.90 Å². The van der Waals surface area contributed by atoms with Crippen LogP contribution in [-0.2, 0) is 10.8 Å². The lowest BCUT2D eigenvalue weighted by Crippen LogP contribution is -2.44. The van der Waals surface area contributed by atoms with Gasteiger partial charge in [-0.2, -0.15) is 0 Å². The minimum absolute atomic E-state index is 0.522. The molecule has 1 nitrogen and oxygen atoms in total. The minimum Gasteiger partial charge on any atom is -0.309 e. The second kappa shape index (κ2) is 14.7. The van der Waals surface area contributed by atoms with Crippen molar-refractivity contribution >= 4 is 38.6 Å². The molecule has 1 spiro atoms. The predicted molar refractivity (Wildman–Crippen MR) is 271 cm³/mol. The van der Waals surface area contributed by atoms with Gasteiger partial charge in [0, 0.05) is 16.5 Å². The Morgan fingerprint density at radius 1 is 0.262 bits per heavy atom. The molecule has 1 heteroatoms. The summed E-state index contributed by atoms with van der Waals surface area (Å²) >= 11 is 0. The summed E-state index contributed by atoms with van der Waals surface area (Å²) in [7, 11) is 0. The average Bonchev–Trinajstić information content (AvgIpc) is 3.68. The molecule has 2 aliphatic carbocycles. The van der Waals surface area contributed by atoms with Crippen LogP contribution >= 0.6 is 0 Å². The molecule has 0 saturated heterocycles. The highest BCUT2D eigenvalue weighted by Gasteiger charge is 2.56. The molecule has 0 unspecified atom stereocenters. The molecule has 0 aliphatic heterocycles. The third kappa shape index (κ3) is 5.33. The van der Waals surface area contributed by atoms with Crippen molar-refractivity contribution in [3.8, 4) is 22.3 Å². The molecule has 11 aromatic carbocycles. The molecule has 2 aliphatic rings. The molecule has 304 valence electrons. The molecular weight excluding hydrogens is 783 g/mol. The number of hydrogen-bond acceptors (Lipinski definition) is 1. The molecule has 0 heterocycles. The van der Waals surface area contributed by atoms with E-state index < -0.39 is 10.8 Å². The summed E-state index contributed by atoms with van der Waals surface area (Å²) in [5.41, 5.74) is 17.8. The van der Waals surface area contributed by atoms with Crippen molar-refractivity contribution in [3.63, 3.8) is 0 Å². The maximum absolute atomic E-state index is 2.45. The third-order valence-electron chi connectivity index (χ3n) is 14.4. The van der Waals surface area contributed by atoms with Gasteiger partial charge in [0.15, 0.2) is 0 Å². The topological polar surface area (TPSA) is 3.24 Å². The predicted octanol–water partition coefficient (Wildman–Crippen LogP) is 16.2. The molecule has 11 aromatic rings. The molecule has 0 bridgehead atoms. The van der Waals surface area contributed by atoms with Gasteiger partial charge in [0.25, 0.3) is 0 Å². The molecule has 0 atom stereocenters. The molecule has 13 rings (SSSR count). The van der Waals surface area contributed by atoms with E-state index in [9.17, 15) is 0 Å². The van der Waals surface area contributed by atoms with Crippen molar-refractivity contribution in [2.24, 2.45) is 0 Å². The zero-order valence-corrected chi connectivity index (χ0v) is 35.8. The summed E-state index contributed by atoms with van der Waals surface area (Å²) in [6.07, 6.45) is 0. The summed E-state index contributed by atoms with van der Waals surface area (Å²) < 4.78 is 0. The monoisotopic (exact) mass is 825 g/mol. The van der Waals surface area contributed by atoms with Gasteiger partial charge in [-0.1, -0.05) is 231 Å². The number of benzene rings is 11. The first-order valence-corrected chi connectivity index (χ1v) is 22.7. The Morgan fingerprint density at radius 3 is 1.23 bits per heavy atom. The number of anilines is 3. The van der Waals surface area contributed by atoms with Gasteiger partial charge < -0.3 is 4.90 Å². The van der Waals surface area contributed by atoms with Crippen molar-refractivity contribution in [1.29, 1.82) is 0 Å². The smallest absolute Gasteiger partial charge is 0.0720 e. The van der Waals surface area contributed by atoms with E-state index in [1.54, 1.807) is 0 Å². The Labute approximate surface area is 380 Å². The van der Waals surface area contributed by atoms with Crippen LogP contribution in [0.3, 0.4) is 0 Å². The fourth-order valence-corrected chi connectivity index (χ4v) is 11.8. The minimum atomic E-state index is -0.522. The Morgan fingerprint density at radius 2 is 0.677 bits per heavy atom. The van der Waals surface area contributed by atoms with Crippen molar-refractivity contribution < 1.29 is 0 Å². The van der Waals surface area contributed by atoms with Gasteiger partial charge in [-0.05, 0) is 108 Å². The number of hydrogen-bond donors (Lipinski definition) is 0. The van der Waals surface area contributed by atoms with Crippen LogP contribution in [0.15, 0.2) is 261 Å². The molecule has 65 heavy (non-hydrogen) atoms. The van der Waals surface area contributed by atoms with Crippen molar-refractivity contribution in [2.75, 3.05) is 4.90 Å². The lowest BCUT2D eigenvalue weighted by Gasteiger charge is -2.50. The Kier molecular flexibility index (Phi) is 8.41. The van der Waals surface area contributed by atoms with Crippen LogP contribution in [0.4, 0.5) is 17.1 Å². The fourth-order valence-electron chi connectivity index (χ4n) is 11.8. The third-order valence-corrected chi connectivity index (χ3v) is 14.4. The van der Waals surface area contributed by atoms with Gasteiger partial charge in [-0.3, -0.25) is 0 Å². The van der Waals surface area contributed by atoms with E-state index in [2.05, 4.69) is 266 Å². The van der Waals surface area contributed by atoms with E-state index >= 15 is 0 Å². The first kappa shape index (κ1) is 37.3. The van der Waals surface area contributed by atoms with E-state index in [4.69, 9.17) is 0 Å². The zero-order valence-electron chi connectivity index (χ0n) is 35.8. The Hall–Kier alpha value is -8.26. The van der Waals surface area contributed by atoms with Gasteiger partial charge in [-0.25, -0.2) is 0 Å². The normalized spacial score (nSPS) is 13.8. The standard InChI is InChI=1S/C64H43N/c1-3-23-48(24-4-1)63(49-25-5-2-6-26-49)57-31-13-15-33-59(57)64(60-34-16-14-32-58(60)63)55-30-12-11-29-53(55)54-43-47(39-42-56(54)64)44-37-40-50(41-38-44)65(61-35-17-21-45-19-7-9-27-51(45)61)62-36-18-22-46-20-8-10-28-52(46)62/h1-43H. The van der Waals surface area contributed by atoms with Gasteiger partial charge in [0.05, 0.1) is 22.2 Å². The van der Waals surface area contributed by atoms with Crippen LogP contribution in [0.2, 0.25) is 0 Å². The SMILES string of the molecule is c1ccc(C2(c3ccccc3)c3ccccc3C3(c4ccccc4-c4cc(-c5ccc(N(c6cccc7ccccc67)c6cccc7ccccc67)cc5)ccc43)c3ccccc32)cc1. The van der Waals surface area contributed by atoms with E-state index in [1.807, 2.05) is 0 Å². The first-order valence-electron chi connectivity index (χ1n) is 22.7. The van der Waals surface area contributed by atoms with Crippen molar-refractivity contribution in [3.05, 3.63) is 305 Å². The van der Waals surface area contributed by atoms with Gasteiger partial charge in [0.1, 0.15) is 0 Å². The van der Waals surface area contributed by atoms with Gasteiger partial charge in [-0.15, -0.1) is 0 Å². The molecule has 0 amide bonds. The van der Waals surface area contributed by atoms with Crippen LogP contribution in [-0.4, -0.2) is 0 Å². The second-order valence-electron chi connectivity index (χ2n) is 17.5. The van der Waals surface area contributed by atoms with Crippen molar-refractivity contribution in [2.45, 2.75) is 10.8 Å². The quantitative estimate of drug-likeness (QED) is 0.161. The fraction of sp³-hybridized carbons (Fsp3) is 0.0312. The average molecular weight is 826 g/mol. The summed E-state index contributed by atoms with van der Waals surface area (Å²) in [6.45, 7) is 0. The first-order chi connectivity index (χ1) is 32.3. The molecular formula is C64H43N. The molecule has 0 fully saturated rings. The number of nitrogens with zero attached hydrogens (tertiary/aromatic N) is 1. The van der Waals surface area contributed by atoms with Crippen LogP contribution in [0.1, 0.15) is 44.5 Å². The van der Waals surface area contributed by atoms with E-state index in [0.29, 0.717) is 0 Å². The largest absolute Gasteiger partial charge is 0.309 e. The molecule has 0 N–H and O–H groups in total. The maximum Gasteiger partial charge on any atom is 0.0720 e. The van der Waals surface area contributed by atoms with E-state index in [-0.39, 0.29) is 0 Å². The zero-order chi connectivity index (χ0) is 43.0. The van der Waals surface area contributed by atoms with E-state index in [0.717, 1.165) is 17.1 Å². The summed E-state index contributed by atoms with van der Waals surface area (Å²) in [4.78, 5) is 2.43. The van der Waals surface area contributed by atoms with Crippen LogP contribution in [0.25, 0.3) is 43.8 Å². The molecule has 0 saturated carbocycles. The Bertz CT molecular complexity index is 3430. The lowest BCUT2D eigenvalue weighted by molar-refractivity contribution is 0.623. The van der Waals surface area contributed by atoms with Crippen LogP contribution in [0, 0.1) is 0 Å². The number of rotatable bonds is 6. The Balaban J connectivity index is 0.995.